The number of piperazine rings is 1. The maximum atomic E-state index is 11.1. The first-order valence-corrected chi connectivity index (χ1v) is 9.56. The van der Waals surface area contributed by atoms with Crippen molar-refractivity contribution < 1.29 is 9.90 Å². The molecule has 132 valence electrons. The molecule has 8 heteroatoms. The van der Waals surface area contributed by atoms with Gasteiger partial charge in [0.2, 0.25) is 5.95 Å². The molecule has 7 nitrogen and oxygen atoms in total. The largest absolute Gasteiger partial charge is 0.478 e. The van der Waals surface area contributed by atoms with Crippen LogP contribution in [0.3, 0.4) is 0 Å². The molecule has 0 amide bonds. The van der Waals surface area contributed by atoms with E-state index >= 15 is 0 Å². The summed E-state index contributed by atoms with van der Waals surface area (Å²) in [5, 5.41) is 9.13. The molecule has 0 atom stereocenters. The zero-order chi connectivity index (χ0) is 17.6. The number of rotatable bonds is 6. The van der Waals surface area contributed by atoms with Crippen LogP contribution in [0.5, 0.6) is 0 Å². The monoisotopic (exact) mass is 359 g/mol. The van der Waals surface area contributed by atoms with E-state index in [4.69, 9.17) is 5.11 Å². The Morgan fingerprint density at radius 2 is 1.92 bits per heavy atom. The van der Waals surface area contributed by atoms with Gasteiger partial charge in [-0.15, -0.1) is 0 Å². The van der Waals surface area contributed by atoms with E-state index in [1.807, 2.05) is 11.8 Å². The molecule has 1 N–H and O–H groups in total. The SMILES string of the molecule is CSCCN1CCN(c2nccc(-c3cc(C(=O)O)ccn3)n2)CC1. The van der Waals surface area contributed by atoms with Crippen molar-refractivity contribution in [2.75, 3.05) is 49.6 Å². The molecule has 3 rings (SSSR count). The number of pyridine rings is 1. The molecule has 1 aliphatic rings. The van der Waals surface area contributed by atoms with E-state index in [9.17, 15) is 4.79 Å². The van der Waals surface area contributed by atoms with Gasteiger partial charge in [-0.2, -0.15) is 11.8 Å². The highest BCUT2D eigenvalue weighted by Gasteiger charge is 2.19. The number of aromatic carboxylic acids is 1. The summed E-state index contributed by atoms with van der Waals surface area (Å²) in [5.74, 6) is 0.848. The maximum absolute atomic E-state index is 11.1. The van der Waals surface area contributed by atoms with E-state index in [2.05, 4.69) is 31.0 Å². The fourth-order valence-corrected chi connectivity index (χ4v) is 3.18. The third-order valence-electron chi connectivity index (χ3n) is 4.18. The highest BCUT2D eigenvalue weighted by Crippen LogP contribution is 2.19. The number of aromatic nitrogens is 3. The first-order valence-electron chi connectivity index (χ1n) is 8.16. The summed E-state index contributed by atoms with van der Waals surface area (Å²) in [6.45, 7) is 4.89. The van der Waals surface area contributed by atoms with Gasteiger partial charge in [0.25, 0.3) is 0 Å². The van der Waals surface area contributed by atoms with Crippen molar-refractivity contribution in [3.8, 4) is 11.4 Å². The van der Waals surface area contributed by atoms with Crippen molar-refractivity contribution in [3.05, 3.63) is 36.2 Å². The molecule has 0 unspecified atom stereocenters. The molecule has 0 aliphatic carbocycles. The number of carboxylic acids is 1. The molecule has 0 spiro atoms. The van der Waals surface area contributed by atoms with Crippen LogP contribution in [-0.2, 0) is 0 Å². The second-order valence-corrected chi connectivity index (χ2v) is 6.78. The normalized spacial score (nSPS) is 15.3. The molecule has 2 aromatic heterocycles. The maximum Gasteiger partial charge on any atom is 0.335 e. The van der Waals surface area contributed by atoms with Gasteiger partial charge in [-0.25, -0.2) is 14.8 Å². The fourth-order valence-electron chi connectivity index (χ4n) is 2.74. The predicted octanol–water partition coefficient (Wildman–Crippen LogP) is 1.72. The quantitative estimate of drug-likeness (QED) is 0.835. The van der Waals surface area contributed by atoms with Gasteiger partial charge >= 0.3 is 5.97 Å². The second kappa shape index (κ2) is 8.26. The minimum Gasteiger partial charge on any atom is -0.478 e. The van der Waals surface area contributed by atoms with Crippen molar-refractivity contribution >= 4 is 23.7 Å². The van der Waals surface area contributed by atoms with Gasteiger partial charge in [0.15, 0.2) is 0 Å². The van der Waals surface area contributed by atoms with Crippen molar-refractivity contribution in [2.45, 2.75) is 0 Å². The molecule has 0 aromatic carbocycles. The van der Waals surface area contributed by atoms with Crippen LogP contribution >= 0.6 is 11.8 Å². The van der Waals surface area contributed by atoms with Gasteiger partial charge in [0, 0.05) is 50.9 Å². The first-order chi connectivity index (χ1) is 12.2. The van der Waals surface area contributed by atoms with E-state index in [-0.39, 0.29) is 5.56 Å². The summed E-state index contributed by atoms with van der Waals surface area (Å²) in [5.41, 5.74) is 1.38. The Morgan fingerprint density at radius 1 is 1.16 bits per heavy atom. The Kier molecular flexibility index (Phi) is 5.83. The van der Waals surface area contributed by atoms with E-state index in [1.54, 1.807) is 12.3 Å². The number of nitrogens with zero attached hydrogens (tertiary/aromatic N) is 5. The van der Waals surface area contributed by atoms with Gasteiger partial charge in [-0.1, -0.05) is 0 Å². The highest BCUT2D eigenvalue weighted by atomic mass is 32.2. The minimum absolute atomic E-state index is 0.201. The standard InChI is InChI=1S/C17H21N5O2S/c1-25-11-10-21-6-8-22(9-7-21)17-19-5-3-14(20-17)15-12-13(16(23)24)2-4-18-15/h2-5,12H,6-11H2,1H3,(H,23,24). The minimum atomic E-state index is -0.973. The zero-order valence-corrected chi connectivity index (χ0v) is 14.9. The van der Waals surface area contributed by atoms with Gasteiger partial charge in [0.1, 0.15) is 0 Å². The molecular weight excluding hydrogens is 338 g/mol. The van der Waals surface area contributed by atoms with E-state index in [0.29, 0.717) is 17.3 Å². The molecule has 1 saturated heterocycles. The molecular formula is C17H21N5O2S. The van der Waals surface area contributed by atoms with Gasteiger partial charge in [-0.05, 0) is 24.5 Å². The summed E-state index contributed by atoms with van der Waals surface area (Å²) in [4.78, 5) is 29.0. The number of carbonyl (C=O) groups is 1. The molecule has 25 heavy (non-hydrogen) atoms. The lowest BCUT2D eigenvalue weighted by atomic mass is 10.2. The summed E-state index contributed by atoms with van der Waals surface area (Å²) >= 11 is 1.87. The number of hydrogen-bond donors (Lipinski definition) is 1. The summed E-state index contributed by atoms with van der Waals surface area (Å²) in [6.07, 6.45) is 5.32. The zero-order valence-electron chi connectivity index (χ0n) is 14.1. The fraction of sp³-hybridized carbons (Fsp3) is 0.412. The average molecular weight is 359 g/mol. The molecule has 1 fully saturated rings. The number of anilines is 1. The van der Waals surface area contributed by atoms with Crippen molar-refractivity contribution in [1.29, 1.82) is 0 Å². The highest BCUT2D eigenvalue weighted by molar-refractivity contribution is 7.98. The van der Waals surface area contributed by atoms with Crippen LogP contribution in [0.4, 0.5) is 5.95 Å². The lowest BCUT2D eigenvalue weighted by molar-refractivity contribution is 0.0697. The Balaban J connectivity index is 1.72. The topological polar surface area (TPSA) is 82.5 Å². The van der Waals surface area contributed by atoms with Crippen LogP contribution in [0.25, 0.3) is 11.4 Å². The number of carboxylic acid groups (broad SMARTS) is 1. The van der Waals surface area contributed by atoms with E-state index in [0.717, 1.165) is 38.5 Å². The smallest absolute Gasteiger partial charge is 0.335 e. The van der Waals surface area contributed by atoms with Crippen LogP contribution in [0, 0.1) is 0 Å². The molecule has 0 radical (unpaired) electrons. The van der Waals surface area contributed by atoms with Crippen LogP contribution in [-0.4, -0.2) is 75.7 Å². The van der Waals surface area contributed by atoms with Crippen molar-refractivity contribution in [3.63, 3.8) is 0 Å². The molecule has 2 aromatic rings. The number of thioether (sulfide) groups is 1. The van der Waals surface area contributed by atoms with Crippen LogP contribution in [0.1, 0.15) is 10.4 Å². The Morgan fingerprint density at radius 3 is 2.64 bits per heavy atom. The molecule has 0 bridgehead atoms. The summed E-state index contributed by atoms with van der Waals surface area (Å²) in [7, 11) is 0. The summed E-state index contributed by atoms with van der Waals surface area (Å²) in [6, 6.07) is 4.77. The summed E-state index contributed by atoms with van der Waals surface area (Å²) < 4.78 is 0. The Labute approximate surface area is 151 Å². The third kappa shape index (κ3) is 4.46. The van der Waals surface area contributed by atoms with Gasteiger partial charge < -0.3 is 10.0 Å². The lowest BCUT2D eigenvalue weighted by Gasteiger charge is -2.34. The lowest BCUT2D eigenvalue weighted by Crippen LogP contribution is -2.47. The van der Waals surface area contributed by atoms with Gasteiger partial charge in [0.05, 0.1) is 17.0 Å². The van der Waals surface area contributed by atoms with Crippen molar-refractivity contribution in [2.24, 2.45) is 0 Å². The van der Waals surface area contributed by atoms with Crippen LogP contribution in [0.2, 0.25) is 0 Å². The van der Waals surface area contributed by atoms with Crippen LogP contribution < -0.4 is 4.90 Å². The molecule has 0 saturated carbocycles. The van der Waals surface area contributed by atoms with Gasteiger partial charge in [-0.3, -0.25) is 9.88 Å². The van der Waals surface area contributed by atoms with Crippen molar-refractivity contribution in [1.82, 2.24) is 19.9 Å². The first kappa shape index (κ1) is 17.6. The molecule has 3 heterocycles. The Bertz CT molecular complexity index is 734. The van der Waals surface area contributed by atoms with E-state index < -0.39 is 5.97 Å². The third-order valence-corrected chi connectivity index (χ3v) is 4.77. The second-order valence-electron chi connectivity index (χ2n) is 5.80. The molecule has 1 aliphatic heterocycles. The van der Waals surface area contributed by atoms with E-state index in [1.165, 1.54) is 18.3 Å². The number of hydrogen-bond acceptors (Lipinski definition) is 7. The average Bonchev–Trinajstić information content (AvgIpc) is 2.67. The predicted molar refractivity (Wildman–Crippen MR) is 99.3 cm³/mol. The van der Waals surface area contributed by atoms with Crippen LogP contribution in [0.15, 0.2) is 30.6 Å². The Hall–Kier alpha value is -2.19.